The van der Waals surface area contributed by atoms with Crippen LogP contribution in [-0.4, -0.2) is 37.5 Å². The number of nitrogens with one attached hydrogen (secondary N) is 2. The van der Waals surface area contributed by atoms with Gasteiger partial charge in [-0.15, -0.1) is 0 Å². The summed E-state index contributed by atoms with van der Waals surface area (Å²) in [6, 6.07) is 5.51. The standard InChI is InChI=1S/C16H26N4O/c1-12-11-14(19-17)3-4-15(12)16(21)18-8-5-13-6-9-20(2)10-7-13/h3-4,11,13,19H,5-10,17H2,1-2H3,(H,18,21). The molecule has 1 saturated heterocycles. The second kappa shape index (κ2) is 7.43. The molecule has 1 amide bonds. The first-order valence-corrected chi connectivity index (χ1v) is 7.64. The van der Waals surface area contributed by atoms with Gasteiger partial charge in [-0.25, -0.2) is 0 Å². The van der Waals surface area contributed by atoms with Crippen molar-refractivity contribution in [3.8, 4) is 0 Å². The number of amides is 1. The van der Waals surface area contributed by atoms with E-state index in [2.05, 4.69) is 22.7 Å². The van der Waals surface area contributed by atoms with Gasteiger partial charge in [-0.3, -0.25) is 10.6 Å². The fraction of sp³-hybridized carbons (Fsp3) is 0.562. The maximum Gasteiger partial charge on any atom is 0.251 e. The molecule has 0 spiro atoms. The number of hydrogen-bond donors (Lipinski definition) is 3. The van der Waals surface area contributed by atoms with E-state index in [1.54, 1.807) is 0 Å². The van der Waals surface area contributed by atoms with E-state index in [0.29, 0.717) is 0 Å². The molecule has 4 N–H and O–H groups in total. The zero-order valence-electron chi connectivity index (χ0n) is 13.0. The number of likely N-dealkylation sites (tertiary alicyclic amines) is 1. The van der Waals surface area contributed by atoms with E-state index in [1.807, 2.05) is 25.1 Å². The Balaban J connectivity index is 1.79. The summed E-state index contributed by atoms with van der Waals surface area (Å²) in [5.41, 5.74) is 5.06. The predicted octanol–water partition coefficient (Wildman–Crippen LogP) is 1.74. The molecule has 0 atom stereocenters. The molecule has 5 heteroatoms. The molecule has 2 rings (SSSR count). The number of aryl methyl sites for hydroxylation is 1. The van der Waals surface area contributed by atoms with Crippen molar-refractivity contribution in [1.82, 2.24) is 10.2 Å². The van der Waals surface area contributed by atoms with Gasteiger partial charge in [0, 0.05) is 17.8 Å². The first-order chi connectivity index (χ1) is 10.1. The van der Waals surface area contributed by atoms with E-state index in [0.717, 1.165) is 35.7 Å². The van der Waals surface area contributed by atoms with Crippen LogP contribution in [-0.2, 0) is 0 Å². The molecular formula is C16H26N4O. The van der Waals surface area contributed by atoms with Crippen LogP contribution < -0.4 is 16.6 Å². The third-order valence-electron chi connectivity index (χ3n) is 4.31. The van der Waals surface area contributed by atoms with E-state index in [4.69, 9.17) is 5.84 Å². The fourth-order valence-electron chi connectivity index (χ4n) is 2.84. The molecule has 1 aliphatic rings. The van der Waals surface area contributed by atoms with Crippen LogP contribution in [0.4, 0.5) is 5.69 Å². The summed E-state index contributed by atoms with van der Waals surface area (Å²) in [6.45, 7) is 5.02. The van der Waals surface area contributed by atoms with Crippen LogP contribution in [0.5, 0.6) is 0 Å². The summed E-state index contributed by atoms with van der Waals surface area (Å²) in [7, 11) is 2.17. The predicted molar refractivity (Wildman–Crippen MR) is 86.2 cm³/mol. The molecule has 0 bridgehead atoms. The summed E-state index contributed by atoms with van der Waals surface area (Å²) in [5, 5.41) is 3.03. The Kier molecular flexibility index (Phi) is 5.59. The second-order valence-electron chi connectivity index (χ2n) is 5.97. The highest BCUT2D eigenvalue weighted by molar-refractivity contribution is 5.96. The Bertz CT molecular complexity index is 481. The topological polar surface area (TPSA) is 70.4 Å². The third-order valence-corrected chi connectivity index (χ3v) is 4.31. The fourth-order valence-corrected chi connectivity index (χ4v) is 2.84. The van der Waals surface area contributed by atoms with Gasteiger partial charge in [0.2, 0.25) is 0 Å². The van der Waals surface area contributed by atoms with Crippen molar-refractivity contribution in [2.75, 3.05) is 32.1 Å². The lowest BCUT2D eigenvalue weighted by atomic mass is 9.94. The van der Waals surface area contributed by atoms with Crippen molar-refractivity contribution in [2.24, 2.45) is 11.8 Å². The molecule has 1 aromatic rings. The van der Waals surface area contributed by atoms with Crippen LogP contribution in [0.25, 0.3) is 0 Å². The van der Waals surface area contributed by atoms with E-state index in [-0.39, 0.29) is 5.91 Å². The molecule has 0 radical (unpaired) electrons. The van der Waals surface area contributed by atoms with Gasteiger partial charge in [-0.05, 0) is 76.0 Å². The molecule has 116 valence electrons. The van der Waals surface area contributed by atoms with Crippen LogP contribution in [0.3, 0.4) is 0 Å². The van der Waals surface area contributed by atoms with Gasteiger partial charge >= 0.3 is 0 Å². The van der Waals surface area contributed by atoms with Crippen molar-refractivity contribution in [3.05, 3.63) is 29.3 Å². The lowest BCUT2D eigenvalue weighted by molar-refractivity contribution is 0.0948. The smallest absolute Gasteiger partial charge is 0.251 e. The summed E-state index contributed by atoms with van der Waals surface area (Å²) < 4.78 is 0. The number of carbonyl (C=O) groups is 1. The van der Waals surface area contributed by atoms with Gasteiger partial charge < -0.3 is 15.6 Å². The van der Waals surface area contributed by atoms with Gasteiger partial charge in [0.05, 0.1) is 0 Å². The van der Waals surface area contributed by atoms with Crippen molar-refractivity contribution in [1.29, 1.82) is 0 Å². The summed E-state index contributed by atoms with van der Waals surface area (Å²) >= 11 is 0. The lowest BCUT2D eigenvalue weighted by Crippen LogP contribution is -2.32. The molecule has 0 unspecified atom stereocenters. The Morgan fingerprint density at radius 1 is 1.38 bits per heavy atom. The number of nitrogens with two attached hydrogens (primary N) is 1. The number of anilines is 1. The number of benzene rings is 1. The average Bonchev–Trinajstić information content (AvgIpc) is 2.49. The number of rotatable bonds is 5. The molecule has 1 fully saturated rings. The number of nitrogen functional groups attached to an aromatic ring is 1. The van der Waals surface area contributed by atoms with Gasteiger partial charge in [-0.2, -0.15) is 0 Å². The Hall–Kier alpha value is -1.59. The Labute approximate surface area is 126 Å². The van der Waals surface area contributed by atoms with Crippen LogP contribution in [0, 0.1) is 12.8 Å². The number of nitrogens with zero attached hydrogens (tertiary/aromatic N) is 1. The third kappa shape index (κ3) is 4.44. The van der Waals surface area contributed by atoms with E-state index < -0.39 is 0 Å². The van der Waals surface area contributed by atoms with Gasteiger partial charge in [0.15, 0.2) is 0 Å². The quantitative estimate of drug-likeness (QED) is 0.571. The molecule has 21 heavy (non-hydrogen) atoms. The normalized spacial score (nSPS) is 16.7. The summed E-state index contributed by atoms with van der Waals surface area (Å²) in [5.74, 6) is 6.11. The zero-order valence-corrected chi connectivity index (χ0v) is 13.0. The van der Waals surface area contributed by atoms with Gasteiger partial charge in [0.25, 0.3) is 5.91 Å². The van der Waals surface area contributed by atoms with Crippen LogP contribution >= 0.6 is 0 Å². The summed E-state index contributed by atoms with van der Waals surface area (Å²) in [4.78, 5) is 14.6. The molecular weight excluding hydrogens is 264 g/mol. The van der Waals surface area contributed by atoms with Crippen molar-refractivity contribution in [3.63, 3.8) is 0 Å². The highest BCUT2D eigenvalue weighted by Gasteiger charge is 2.16. The minimum absolute atomic E-state index is 0.00370. The minimum atomic E-state index is 0.00370. The maximum absolute atomic E-state index is 12.2. The summed E-state index contributed by atoms with van der Waals surface area (Å²) in [6.07, 6.45) is 3.55. The van der Waals surface area contributed by atoms with Crippen LogP contribution in [0.1, 0.15) is 35.2 Å². The van der Waals surface area contributed by atoms with Gasteiger partial charge in [0.1, 0.15) is 0 Å². The largest absolute Gasteiger partial charge is 0.352 e. The number of hydrogen-bond acceptors (Lipinski definition) is 4. The molecule has 1 aliphatic heterocycles. The Morgan fingerprint density at radius 3 is 2.71 bits per heavy atom. The van der Waals surface area contributed by atoms with Crippen molar-refractivity contribution >= 4 is 11.6 Å². The number of carbonyl (C=O) groups excluding carboxylic acids is 1. The highest BCUT2D eigenvalue weighted by Crippen LogP contribution is 2.19. The van der Waals surface area contributed by atoms with Crippen molar-refractivity contribution < 1.29 is 4.79 Å². The maximum atomic E-state index is 12.2. The van der Waals surface area contributed by atoms with Gasteiger partial charge in [-0.1, -0.05) is 0 Å². The molecule has 1 aromatic carbocycles. The van der Waals surface area contributed by atoms with Crippen LogP contribution in [0.15, 0.2) is 18.2 Å². The van der Waals surface area contributed by atoms with E-state index in [9.17, 15) is 4.79 Å². The highest BCUT2D eigenvalue weighted by atomic mass is 16.1. The molecule has 0 saturated carbocycles. The average molecular weight is 290 g/mol. The Morgan fingerprint density at radius 2 is 2.10 bits per heavy atom. The first-order valence-electron chi connectivity index (χ1n) is 7.64. The molecule has 1 heterocycles. The monoisotopic (exact) mass is 290 g/mol. The van der Waals surface area contributed by atoms with E-state index >= 15 is 0 Å². The molecule has 0 aliphatic carbocycles. The van der Waals surface area contributed by atoms with Crippen molar-refractivity contribution in [2.45, 2.75) is 26.2 Å². The molecule has 5 nitrogen and oxygen atoms in total. The second-order valence-corrected chi connectivity index (χ2v) is 5.97. The molecule has 0 aromatic heterocycles. The van der Waals surface area contributed by atoms with E-state index in [1.165, 1.54) is 25.9 Å². The zero-order chi connectivity index (χ0) is 15.2. The van der Waals surface area contributed by atoms with Crippen LogP contribution in [0.2, 0.25) is 0 Å². The number of hydrazine groups is 1. The lowest BCUT2D eigenvalue weighted by Gasteiger charge is -2.28. The minimum Gasteiger partial charge on any atom is -0.352 e. The first kappa shape index (κ1) is 15.8. The SMILES string of the molecule is Cc1cc(NN)ccc1C(=O)NCCC1CCN(C)CC1. The number of piperidine rings is 1.